The zero-order valence-electron chi connectivity index (χ0n) is 12.0. The number of morpholine rings is 1. The van der Waals surface area contributed by atoms with Gasteiger partial charge in [-0.25, -0.2) is 0 Å². The summed E-state index contributed by atoms with van der Waals surface area (Å²) in [6.45, 7) is 6.72. The van der Waals surface area contributed by atoms with Crippen molar-refractivity contribution < 1.29 is 14.1 Å². The third kappa shape index (κ3) is 2.62. The molecular formula is C14H21N3O3. The minimum absolute atomic E-state index is 0.153. The van der Waals surface area contributed by atoms with Gasteiger partial charge in [-0.1, -0.05) is 5.16 Å². The van der Waals surface area contributed by atoms with Gasteiger partial charge in [-0.3, -0.25) is 9.69 Å². The van der Waals surface area contributed by atoms with Crippen LogP contribution >= 0.6 is 0 Å². The van der Waals surface area contributed by atoms with Gasteiger partial charge in [0.05, 0.1) is 12.5 Å². The van der Waals surface area contributed by atoms with Gasteiger partial charge in [0, 0.05) is 25.6 Å². The molecular weight excluding hydrogens is 258 g/mol. The minimum atomic E-state index is -0.193. The zero-order valence-corrected chi connectivity index (χ0v) is 12.0. The number of ether oxygens (including phenoxy) is 1. The molecule has 20 heavy (non-hydrogen) atoms. The van der Waals surface area contributed by atoms with Gasteiger partial charge in [0.2, 0.25) is 11.7 Å². The van der Waals surface area contributed by atoms with Crippen LogP contribution in [0.25, 0.3) is 0 Å². The van der Waals surface area contributed by atoms with Gasteiger partial charge in [-0.15, -0.1) is 0 Å². The van der Waals surface area contributed by atoms with Crippen LogP contribution in [0.1, 0.15) is 56.8 Å². The van der Waals surface area contributed by atoms with Crippen molar-refractivity contribution in [2.45, 2.75) is 51.2 Å². The summed E-state index contributed by atoms with van der Waals surface area (Å²) in [4.78, 5) is 18.5. The van der Waals surface area contributed by atoms with E-state index in [9.17, 15) is 4.79 Å². The highest BCUT2D eigenvalue weighted by molar-refractivity contribution is 5.86. The number of hydrogen-bond donors (Lipinski definition) is 0. The molecule has 2 aliphatic rings. The predicted octanol–water partition coefficient (Wildman–Crippen LogP) is 1.69. The number of carbonyl (C=O) groups is 1. The molecule has 0 radical (unpaired) electrons. The van der Waals surface area contributed by atoms with Crippen molar-refractivity contribution >= 4 is 5.78 Å². The number of ketones is 1. The summed E-state index contributed by atoms with van der Waals surface area (Å²) in [5.74, 6) is 1.06. The molecule has 2 fully saturated rings. The molecule has 0 N–H and O–H groups in total. The standard InChI is InChI=1S/C14H21N3O3/c1-9(2)17-6-7-19-12(8-17)13-15-14(20-16-13)10-4-3-5-11(10)18/h9-10,12H,3-8H2,1-2H3. The Hall–Kier alpha value is -1.27. The third-order valence-electron chi connectivity index (χ3n) is 4.18. The first-order chi connectivity index (χ1) is 9.65. The van der Waals surface area contributed by atoms with E-state index < -0.39 is 0 Å². The van der Waals surface area contributed by atoms with Gasteiger partial charge in [-0.2, -0.15) is 4.98 Å². The number of rotatable bonds is 3. The van der Waals surface area contributed by atoms with Gasteiger partial charge < -0.3 is 9.26 Å². The topological polar surface area (TPSA) is 68.5 Å². The molecule has 0 aromatic carbocycles. The van der Waals surface area contributed by atoms with Crippen LogP contribution < -0.4 is 0 Å². The van der Waals surface area contributed by atoms with Crippen LogP contribution in [0.3, 0.4) is 0 Å². The molecule has 6 heteroatoms. The molecule has 1 aliphatic heterocycles. The molecule has 0 spiro atoms. The molecule has 2 unspecified atom stereocenters. The summed E-state index contributed by atoms with van der Waals surface area (Å²) in [6.07, 6.45) is 2.22. The first-order valence-corrected chi connectivity index (χ1v) is 7.37. The van der Waals surface area contributed by atoms with Crippen LogP contribution in [-0.2, 0) is 9.53 Å². The van der Waals surface area contributed by atoms with E-state index in [1.807, 2.05) is 0 Å². The molecule has 0 amide bonds. The largest absolute Gasteiger partial charge is 0.367 e. The molecule has 1 aromatic heterocycles. The van der Waals surface area contributed by atoms with Crippen LogP contribution in [0.2, 0.25) is 0 Å². The first kappa shape index (κ1) is 13.7. The lowest BCUT2D eigenvalue weighted by atomic mass is 10.1. The normalized spacial score (nSPS) is 28.4. The molecule has 2 atom stereocenters. The molecule has 6 nitrogen and oxygen atoms in total. The molecule has 1 aromatic rings. The summed E-state index contributed by atoms with van der Waals surface area (Å²) >= 11 is 0. The van der Waals surface area contributed by atoms with Crippen molar-refractivity contribution in [3.05, 3.63) is 11.7 Å². The van der Waals surface area contributed by atoms with E-state index in [0.29, 0.717) is 30.8 Å². The average Bonchev–Trinajstić information content (AvgIpc) is 3.07. The maximum atomic E-state index is 11.7. The van der Waals surface area contributed by atoms with Crippen molar-refractivity contribution in [2.24, 2.45) is 0 Å². The Morgan fingerprint density at radius 1 is 1.40 bits per heavy atom. The van der Waals surface area contributed by atoms with Crippen LogP contribution in [0.4, 0.5) is 0 Å². The summed E-state index contributed by atoms with van der Waals surface area (Å²) < 4.78 is 11.0. The highest BCUT2D eigenvalue weighted by Gasteiger charge is 2.33. The molecule has 110 valence electrons. The van der Waals surface area contributed by atoms with E-state index in [-0.39, 0.29) is 17.8 Å². The second-order valence-electron chi connectivity index (χ2n) is 5.85. The number of nitrogens with zero attached hydrogens (tertiary/aromatic N) is 3. The fourth-order valence-corrected chi connectivity index (χ4v) is 2.89. The molecule has 1 saturated carbocycles. The summed E-state index contributed by atoms with van der Waals surface area (Å²) in [5, 5.41) is 4.02. The van der Waals surface area contributed by atoms with Gasteiger partial charge in [0.25, 0.3) is 0 Å². The average molecular weight is 279 g/mol. The molecule has 1 saturated heterocycles. The van der Waals surface area contributed by atoms with Crippen LogP contribution in [-0.4, -0.2) is 46.6 Å². The number of hydrogen-bond acceptors (Lipinski definition) is 6. The summed E-state index contributed by atoms with van der Waals surface area (Å²) in [6, 6.07) is 0.476. The molecule has 0 bridgehead atoms. The van der Waals surface area contributed by atoms with Crippen molar-refractivity contribution in [3.8, 4) is 0 Å². The quantitative estimate of drug-likeness (QED) is 0.838. The van der Waals surface area contributed by atoms with Crippen LogP contribution in [0, 0.1) is 0 Å². The van der Waals surface area contributed by atoms with Crippen molar-refractivity contribution in [1.82, 2.24) is 15.0 Å². The Bertz CT molecular complexity index is 486. The minimum Gasteiger partial charge on any atom is -0.367 e. The second-order valence-corrected chi connectivity index (χ2v) is 5.85. The van der Waals surface area contributed by atoms with E-state index in [0.717, 1.165) is 25.9 Å². The van der Waals surface area contributed by atoms with E-state index in [4.69, 9.17) is 9.26 Å². The van der Waals surface area contributed by atoms with Crippen molar-refractivity contribution in [2.75, 3.05) is 19.7 Å². The van der Waals surface area contributed by atoms with E-state index >= 15 is 0 Å². The Morgan fingerprint density at radius 3 is 2.95 bits per heavy atom. The fraction of sp³-hybridized carbons (Fsp3) is 0.786. The molecule has 1 aliphatic carbocycles. The van der Waals surface area contributed by atoms with Gasteiger partial charge in [-0.05, 0) is 26.7 Å². The number of Topliss-reactive ketones (excluding diaryl/α,β-unsaturated/α-hetero) is 1. The Kier molecular flexibility index (Phi) is 3.85. The van der Waals surface area contributed by atoms with Gasteiger partial charge in [0.1, 0.15) is 11.9 Å². The van der Waals surface area contributed by atoms with Gasteiger partial charge in [0.15, 0.2) is 0 Å². The van der Waals surface area contributed by atoms with Crippen molar-refractivity contribution in [3.63, 3.8) is 0 Å². The van der Waals surface area contributed by atoms with E-state index in [1.54, 1.807) is 0 Å². The number of aromatic nitrogens is 2. The maximum Gasteiger partial charge on any atom is 0.237 e. The fourth-order valence-electron chi connectivity index (χ4n) is 2.89. The lowest BCUT2D eigenvalue weighted by molar-refractivity contribution is -0.119. The highest BCUT2D eigenvalue weighted by Crippen LogP contribution is 2.31. The monoisotopic (exact) mass is 279 g/mol. The third-order valence-corrected chi connectivity index (χ3v) is 4.18. The Balaban J connectivity index is 1.71. The van der Waals surface area contributed by atoms with Crippen LogP contribution in [0.5, 0.6) is 0 Å². The maximum absolute atomic E-state index is 11.7. The van der Waals surface area contributed by atoms with Crippen LogP contribution in [0.15, 0.2) is 4.52 Å². The lowest BCUT2D eigenvalue weighted by Gasteiger charge is -2.34. The lowest BCUT2D eigenvalue weighted by Crippen LogP contribution is -2.42. The SMILES string of the molecule is CC(C)N1CCOC(c2noc(C3CCCC3=O)n2)C1. The smallest absolute Gasteiger partial charge is 0.237 e. The second kappa shape index (κ2) is 5.61. The van der Waals surface area contributed by atoms with Crippen molar-refractivity contribution in [1.29, 1.82) is 0 Å². The summed E-state index contributed by atoms with van der Waals surface area (Å²) in [5.41, 5.74) is 0. The van der Waals surface area contributed by atoms with Gasteiger partial charge >= 0.3 is 0 Å². The highest BCUT2D eigenvalue weighted by atomic mass is 16.5. The zero-order chi connectivity index (χ0) is 14.1. The first-order valence-electron chi connectivity index (χ1n) is 7.37. The summed E-state index contributed by atoms with van der Waals surface area (Å²) in [7, 11) is 0. The Morgan fingerprint density at radius 2 is 2.25 bits per heavy atom. The number of carbonyl (C=O) groups excluding carboxylic acids is 1. The molecule has 2 heterocycles. The Labute approximate surface area is 118 Å². The van der Waals surface area contributed by atoms with E-state index in [2.05, 4.69) is 28.9 Å². The predicted molar refractivity (Wildman–Crippen MR) is 71.3 cm³/mol. The van der Waals surface area contributed by atoms with E-state index in [1.165, 1.54) is 0 Å². The molecule has 3 rings (SSSR count).